The summed E-state index contributed by atoms with van der Waals surface area (Å²) in [6.07, 6.45) is 12.8. The summed E-state index contributed by atoms with van der Waals surface area (Å²) >= 11 is 0. The fourth-order valence-corrected chi connectivity index (χ4v) is 4.06. The average molecular weight is 412 g/mol. The van der Waals surface area contributed by atoms with Crippen molar-refractivity contribution in [3.63, 3.8) is 0 Å². The van der Waals surface area contributed by atoms with Crippen LogP contribution in [-0.4, -0.2) is 125 Å². The number of hydrogen-bond acceptors (Lipinski definition) is 5. The Morgan fingerprint density at radius 2 is 0.414 bits per heavy atom. The first-order valence-corrected chi connectivity index (χ1v) is 12.4. The maximum Gasteiger partial charge on any atom is 0.0107 e. The monoisotopic (exact) mass is 411 g/mol. The van der Waals surface area contributed by atoms with Crippen LogP contribution in [0.2, 0.25) is 0 Å². The van der Waals surface area contributed by atoms with Crippen molar-refractivity contribution in [3.8, 4) is 0 Å². The first kappa shape index (κ1) is 26.8. The van der Waals surface area contributed by atoms with Gasteiger partial charge in [0.1, 0.15) is 0 Å². The molecular weight excluding hydrogens is 358 g/mol. The second-order valence-electron chi connectivity index (χ2n) is 9.70. The molecule has 0 amide bonds. The van der Waals surface area contributed by atoms with Gasteiger partial charge in [0, 0.05) is 26.2 Å². The first-order valence-electron chi connectivity index (χ1n) is 12.4. The summed E-state index contributed by atoms with van der Waals surface area (Å²) in [6, 6.07) is 0. The van der Waals surface area contributed by atoms with Gasteiger partial charge in [0.25, 0.3) is 0 Å². The summed E-state index contributed by atoms with van der Waals surface area (Å²) in [6.45, 7) is 12.8. The van der Waals surface area contributed by atoms with Gasteiger partial charge in [-0.05, 0) is 113 Å². The molecule has 4 rings (SSSR count). The number of piperidine rings is 3. The van der Waals surface area contributed by atoms with E-state index in [0.717, 1.165) is 0 Å². The van der Waals surface area contributed by atoms with Crippen molar-refractivity contribution in [2.45, 2.75) is 57.8 Å². The van der Waals surface area contributed by atoms with Crippen molar-refractivity contribution in [1.82, 2.24) is 24.5 Å². The lowest BCUT2D eigenvalue weighted by Crippen LogP contribution is -2.42. The van der Waals surface area contributed by atoms with Crippen LogP contribution in [0.4, 0.5) is 0 Å². The highest BCUT2D eigenvalue weighted by Gasteiger charge is 2.08. The van der Waals surface area contributed by atoms with Gasteiger partial charge in [0.15, 0.2) is 0 Å². The summed E-state index contributed by atoms with van der Waals surface area (Å²) in [5.74, 6) is 0. The third-order valence-electron chi connectivity index (χ3n) is 6.47. The van der Waals surface area contributed by atoms with Gasteiger partial charge >= 0.3 is 0 Å². The zero-order chi connectivity index (χ0) is 21.3. The molecule has 29 heavy (non-hydrogen) atoms. The van der Waals surface area contributed by atoms with Gasteiger partial charge in [-0.15, -0.1) is 0 Å². The fraction of sp³-hybridized carbons (Fsp3) is 1.00. The number of piperazine rings is 1. The largest absolute Gasteiger partial charge is 0.306 e. The maximum atomic E-state index is 2.39. The van der Waals surface area contributed by atoms with Crippen molar-refractivity contribution in [3.05, 3.63) is 0 Å². The standard InChI is InChI=1S/C6H14N2.3C6H13N/c1-7-3-5-8(2)6-4-7;3*1-7-5-3-2-4-6-7/h3-6H2,1-2H3;3*2-6H2,1H3. The summed E-state index contributed by atoms with van der Waals surface area (Å²) < 4.78 is 0. The van der Waals surface area contributed by atoms with E-state index in [1.54, 1.807) is 0 Å². The molecule has 4 aliphatic heterocycles. The Morgan fingerprint density at radius 3 is 0.552 bits per heavy atom. The van der Waals surface area contributed by atoms with E-state index in [-0.39, 0.29) is 0 Å². The van der Waals surface area contributed by atoms with Crippen LogP contribution in [0.15, 0.2) is 0 Å². The van der Waals surface area contributed by atoms with Crippen LogP contribution >= 0.6 is 0 Å². The molecule has 0 N–H and O–H groups in total. The van der Waals surface area contributed by atoms with Gasteiger partial charge in [-0.1, -0.05) is 19.3 Å². The third kappa shape index (κ3) is 16.2. The molecule has 0 aromatic heterocycles. The number of likely N-dealkylation sites (N-methyl/N-ethyl adjacent to an activating group) is 2. The van der Waals surface area contributed by atoms with E-state index < -0.39 is 0 Å². The number of hydrogen-bond donors (Lipinski definition) is 0. The van der Waals surface area contributed by atoms with Crippen LogP contribution < -0.4 is 0 Å². The number of nitrogens with zero attached hydrogens (tertiary/aromatic N) is 5. The Bertz CT molecular complexity index is 291. The predicted molar refractivity (Wildman–Crippen MR) is 129 cm³/mol. The van der Waals surface area contributed by atoms with Crippen LogP contribution in [0, 0.1) is 0 Å². The molecule has 0 aliphatic carbocycles. The molecule has 0 unspecified atom stereocenters. The zero-order valence-electron chi connectivity index (χ0n) is 20.7. The van der Waals surface area contributed by atoms with E-state index in [0.29, 0.717) is 0 Å². The molecule has 174 valence electrons. The smallest absolute Gasteiger partial charge is 0.0107 e. The Balaban J connectivity index is 0.000000194. The highest BCUT2D eigenvalue weighted by Crippen LogP contribution is 2.06. The minimum Gasteiger partial charge on any atom is -0.306 e. The van der Waals surface area contributed by atoms with Gasteiger partial charge in [0.2, 0.25) is 0 Å². The lowest BCUT2D eigenvalue weighted by molar-refractivity contribution is 0.181. The van der Waals surface area contributed by atoms with Gasteiger partial charge in [-0.2, -0.15) is 0 Å². The molecule has 0 radical (unpaired) electrons. The molecule has 4 fully saturated rings. The first-order chi connectivity index (χ1) is 14.0. The van der Waals surface area contributed by atoms with E-state index in [2.05, 4.69) is 59.7 Å². The van der Waals surface area contributed by atoms with E-state index in [4.69, 9.17) is 0 Å². The molecule has 5 nitrogen and oxygen atoms in total. The van der Waals surface area contributed by atoms with Crippen LogP contribution in [0.25, 0.3) is 0 Å². The van der Waals surface area contributed by atoms with Gasteiger partial charge in [-0.25, -0.2) is 0 Å². The molecule has 0 saturated carbocycles. The number of likely N-dealkylation sites (tertiary alicyclic amines) is 3. The average Bonchev–Trinajstić information content (AvgIpc) is 2.73. The van der Waals surface area contributed by atoms with Crippen molar-refractivity contribution >= 4 is 0 Å². The zero-order valence-corrected chi connectivity index (χ0v) is 20.7. The van der Waals surface area contributed by atoms with E-state index in [9.17, 15) is 0 Å². The molecule has 5 heteroatoms. The normalized spacial score (nSPS) is 25.6. The minimum absolute atomic E-state index is 1.23. The van der Waals surface area contributed by atoms with E-state index in [1.807, 2.05) is 0 Å². The Kier molecular flexibility index (Phi) is 16.2. The summed E-state index contributed by atoms with van der Waals surface area (Å²) in [5, 5.41) is 0. The lowest BCUT2D eigenvalue weighted by atomic mass is 10.1. The summed E-state index contributed by atoms with van der Waals surface area (Å²) in [7, 11) is 10.9. The van der Waals surface area contributed by atoms with Crippen LogP contribution in [0.1, 0.15) is 57.8 Å². The lowest BCUT2D eigenvalue weighted by Gasteiger charge is -2.28. The van der Waals surface area contributed by atoms with Crippen molar-refractivity contribution < 1.29 is 0 Å². The molecule has 0 spiro atoms. The highest BCUT2D eigenvalue weighted by atomic mass is 15.2. The molecule has 4 heterocycles. The molecule has 0 aromatic carbocycles. The van der Waals surface area contributed by atoms with Crippen LogP contribution in [-0.2, 0) is 0 Å². The quantitative estimate of drug-likeness (QED) is 0.607. The summed E-state index contributed by atoms with van der Waals surface area (Å²) in [5.41, 5.74) is 0. The van der Waals surface area contributed by atoms with E-state index in [1.165, 1.54) is 123 Å². The summed E-state index contributed by atoms with van der Waals surface area (Å²) in [4.78, 5) is 11.9. The minimum atomic E-state index is 1.23. The van der Waals surface area contributed by atoms with Gasteiger partial charge in [0.05, 0.1) is 0 Å². The second kappa shape index (κ2) is 17.5. The third-order valence-corrected chi connectivity index (χ3v) is 6.47. The van der Waals surface area contributed by atoms with Gasteiger partial charge in [-0.3, -0.25) is 0 Å². The van der Waals surface area contributed by atoms with Crippen molar-refractivity contribution in [2.75, 3.05) is 101 Å². The molecule has 4 aliphatic rings. The molecule has 4 saturated heterocycles. The Labute approximate surface area is 183 Å². The maximum absolute atomic E-state index is 2.39. The molecule has 0 bridgehead atoms. The van der Waals surface area contributed by atoms with Crippen LogP contribution in [0.5, 0.6) is 0 Å². The molecule has 0 atom stereocenters. The second-order valence-corrected chi connectivity index (χ2v) is 9.70. The fourth-order valence-electron chi connectivity index (χ4n) is 4.06. The topological polar surface area (TPSA) is 16.2 Å². The predicted octanol–water partition coefficient (Wildman–Crippen LogP) is 3.17. The van der Waals surface area contributed by atoms with Gasteiger partial charge < -0.3 is 24.5 Å². The Morgan fingerprint density at radius 1 is 0.241 bits per heavy atom. The van der Waals surface area contributed by atoms with Crippen molar-refractivity contribution in [1.29, 1.82) is 0 Å². The van der Waals surface area contributed by atoms with E-state index >= 15 is 0 Å². The van der Waals surface area contributed by atoms with Crippen LogP contribution in [0.3, 0.4) is 0 Å². The van der Waals surface area contributed by atoms with Crippen molar-refractivity contribution in [2.24, 2.45) is 0 Å². The SMILES string of the molecule is CN1CCCCC1.CN1CCCCC1.CN1CCCCC1.CN1CCN(C)CC1. The molecule has 0 aromatic rings. The number of rotatable bonds is 0. The highest BCUT2D eigenvalue weighted by molar-refractivity contribution is 4.64. The Hall–Kier alpha value is -0.200. The molecular formula is C24H53N5.